The van der Waals surface area contributed by atoms with Crippen molar-refractivity contribution in [3.8, 4) is 0 Å². The fourth-order valence-corrected chi connectivity index (χ4v) is 4.96. The first-order valence-electron chi connectivity index (χ1n) is 7.71. The minimum absolute atomic E-state index is 0.0137. The predicted octanol–water partition coefficient (Wildman–Crippen LogP) is 2.60. The number of sulfonamides is 1. The number of hydrogen-bond donors (Lipinski definition) is 1. The van der Waals surface area contributed by atoms with E-state index in [2.05, 4.69) is 19.7 Å². The van der Waals surface area contributed by atoms with Gasteiger partial charge >= 0.3 is 0 Å². The third-order valence-electron chi connectivity index (χ3n) is 3.51. The fourth-order valence-electron chi connectivity index (χ4n) is 2.13. The van der Waals surface area contributed by atoms with Crippen LogP contribution >= 0.6 is 22.7 Å². The van der Waals surface area contributed by atoms with Gasteiger partial charge in [-0.15, -0.1) is 11.3 Å². The molecule has 10 heteroatoms. The number of ketones is 1. The van der Waals surface area contributed by atoms with E-state index in [0.29, 0.717) is 18.5 Å². The van der Waals surface area contributed by atoms with Gasteiger partial charge in [-0.25, -0.2) is 23.1 Å². The van der Waals surface area contributed by atoms with Crippen LogP contribution in [0.1, 0.15) is 32.5 Å². The molecule has 0 aliphatic heterocycles. The topological polar surface area (TPSA) is 102 Å². The van der Waals surface area contributed by atoms with E-state index < -0.39 is 10.0 Å². The number of carbonyl (C=O) groups excluding carboxylic acids is 1. The van der Waals surface area contributed by atoms with Crippen molar-refractivity contribution in [2.45, 2.75) is 31.2 Å². The average Bonchev–Trinajstić information content (AvgIpc) is 3.30. The number of Topliss-reactive ketones (excluding diaryl/α,β-unsaturated/α-hetero) is 1. The summed E-state index contributed by atoms with van der Waals surface area (Å²) in [4.78, 5) is 25.9. The molecule has 3 aromatic heterocycles. The van der Waals surface area contributed by atoms with Crippen LogP contribution in [0.2, 0.25) is 0 Å². The molecule has 0 saturated heterocycles. The smallest absolute Gasteiger partial charge is 0.241 e. The average molecular weight is 409 g/mol. The molecule has 0 aliphatic carbocycles. The lowest BCUT2D eigenvalue weighted by atomic mass is 10.1. The quantitative estimate of drug-likeness (QED) is 0.575. The van der Waals surface area contributed by atoms with Gasteiger partial charge in [0.1, 0.15) is 5.69 Å². The van der Waals surface area contributed by atoms with Gasteiger partial charge in [0.25, 0.3) is 0 Å². The molecule has 136 valence electrons. The molecule has 0 unspecified atom stereocenters. The van der Waals surface area contributed by atoms with Crippen molar-refractivity contribution < 1.29 is 13.2 Å². The lowest BCUT2D eigenvalue weighted by molar-refractivity contribution is 0.0978. The molecule has 0 amide bonds. The summed E-state index contributed by atoms with van der Waals surface area (Å²) in [6, 6.07) is 1.53. The summed E-state index contributed by atoms with van der Waals surface area (Å²) < 4.78 is 26.6. The number of nitrogens with zero attached hydrogens (tertiary/aromatic N) is 3. The van der Waals surface area contributed by atoms with E-state index in [1.807, 2.05) is 6.92 Å². The summed E-state index contributed by atoms with van der Waals surface area (Å²) in [5.41, 5.74) is 0.717. The maximum absolute atomic E-state index is 12.2. The van der Waals surface area contributed by atoms with E-state index in [1.54, 1.807) is 28.3 Å². The lowest BCUT2D eigenvalue weighted by Crippen LogP contribution is -2.23. The molecule has 0 atom stereocenters. The van der Waals surface area contributed by atoms with Crippen molar-refractivity contribution in [2.75, 3.05) is 0 Å². The SMILES string of the molecule is Cc1ncc(CCC(=O)c2cnc(CNS(=O)(=O)c3ccsc3)cn2)s1. The van der Waals surface area contributed by atoms with Gasteiger partial charge in [-0.2, -0.15) is 11.3 Å². The molecule has 1 N–H and O–H groups in total. The molecular weight excluding hydrogens is 392 g/mol. The zero-order valence-electron chi connectivity index (χ0n) is 13.9. The van der Waals surface area contributed by atoms with E-state index in [-0.39, 0.29) is 22.9 Å². The Kier molecular flexibility index (Phi) is 5.87. The summed E-state index contributed by atoms with van der Waals surface area (Å²) in [6.45, 7) is 1.94. The molecular formula is C16H16N4O3S3. The number of rotatable bonds is 8. The van der Waals surface area contributed by atoms with E-state index in [4.69, 9.17) is 0 Å². The van der Waals surface area contributed by atoms with Crippen LogP contribution in [0.4, 0.5) is 0 Å². The molecule has 0 bridgehead atoms. The fraction of sp³-hybridized carbons (Fsp3) is 0.250. The van der Waals surface area contributed by atoms with Crippen molar-refractivity contribution in [1.82, 2.24) is 19.7 Å². The van der Waals surface area contributed by atoms with Gasteiger partial charge in [0, 0.05) is 22.9 Å². The Balaban J connectivity index is 1.55. The van der Waals surface area contributed by atoms with Gasteiger partial charge < -0.3 is 0 Å². The first kappa shape index (κ1) is 18.8. The highest BCUT2D eigenvalue weighted by molar-refractivity contribution is 7.89. The second-order valence-corrected chi connectivity index (χ2v) is 9.31. The van der Waals surface area contributed by atoms with Crippen LogP contribution in [0.3, 0.4) is 0 Å². The Hall–Kier alpha value is -2.01. The summed E-state index contributed by atoms with van der Waals surface area (Å²) >= 11 is 2.88. The predicted molar refractivity (Wildman–Crippen MR) is 99.9 cm³/mol. The molecule has 0 radical (unpaired) electrons. The van der Waals surface area contributed by atoms with E-state index >= 15 is 0 Å². The van der Waals surface area contributed by atoms with Gasteiger partial charge in [0.15, 0.2) is 5.78 Å². The minimum atomic E-state index is -3.56. The number of nitrogens with one attached hydrogen (secondary N) is 1. The molecule has 0 aliphatic rings. The Morgan fingerprint density at radius 1 is 1.19 bits per heavy atom. The standard InChI is InChI=1S/C16H16N4O3S3/c1-11-17-8-13(25-11)2-3-16(21)15-9-18-12(6-19-15)7-20-26(22,23)14-4-5-24-10-14/h4-6,8-10,20H,2-3,7H2,1H3. The molecule has 0 saturated carbocycles. The van der Waals surface area contributed by atoms with E-state index in [9.17, 15) is 13.2 Å². The van der Waals surface area contributed by atoms with E-state index in [0.717, 1.165) is 9.88 Å². The lowest BCUT2D eigenvalue weighted by Gasteiger charge is -2.05. The van der Waals surface area contributed by atoms with Crippen LogP contribution in [0.5, 0.6) is 0 Å². The zero-order valence-corrected chi connectivity index (χ0v) is 16.3. The maximum atomic E-state index is 12.2. The van der Waals surface area contributed by atoms with Gasteiger partial charge in [0.05, 0.1) is 34.5 Å². The highest BCUT2D eigenvalue weighted by Gasteiger charge is 2.15. The van der Waals surface area contributed by atoms with Crippen molar-refractivity contribution in [2.24, 2.45) is 0 Å². The summed E-state index contributed by atoms with van der Waals surface area (Å²) in [5.74, 6) is -0.103. The molecule has 3 rings (SSSR count). The molecule has 0 fully saturated rings. The van der Waals surface area contributed by atoms with Crippen LogP contribution < -0.4 is 4.72 Å². The Morgan fingerprint density at radius 3 is 2.65 bits per heavy atom. The van der Waals surface area contributed by atoms with Crippen LogP contribution in [0.15, 0.2) is 40.3 Å². The summed E-state index contributed by atoms with van der Waals surface area (Å²) in [7, 11) is -3.56. The van der Waals surface area contributed by atoms with Gasteiger partial charge in [0.2, 0.25) is 10.0 Å². The normalized spacial score (nSPS) is 11.6. The second kappa shape index (κ2) is 8.12. The first-order chi connectivity index (χ1) is 12.4. The Labute approximate surface area is 159 Å². The van der Waals surface area contributed by atoms with Crippen molar-refractivity contribution in [3.63, 3.8) is 0 Å². The third-order valence-corrected chi connectivity index (χ3v) is 6.71. The monoisotopic (exact) mass is 408 g/mol. The van der Waals surface area contributed by atoms with Gasteiger partial charge in [-0.1, -0.05) is 0 Å². The molecule has 26 heavy (non-hydrogen) atoms. The molecule has 0 aromatic carbocycles. The van der Waals surface area contributed by atoms with Crippen molar-refractivity contribution >= 4 is 38.5 Å². The van der Waals surface area contributed by atoms with Crippen LogP contribution in [-0.4, -0.2) is 29.2 Å². The van der Waals surface area contributed by atoms with Crippen molar-refractivity contribution in [1.29, 1.82) is 0 Å². The maximum Gasteiger partial charge on any atom is 0.241 e. The summed E-state index contributed by atoms with van der Waals surface area (Å²) in [5, 5.41) is 4.23. The highest BCUT2D eigenvalue weighted by Crippen LogP contribution is 2.15. The first-order valence-corrected chi connectivity index (χ1v) is 11.0. The Bertz CT molecular complexity index is 980. The number of thiazole rings is 1. The minimum Gasteiger partial charge on any atom is -0.292 e. The van der Waals surface area contributed by atoms with Crippen LogP contribution in [-0.2, 0) is 23.0 Å². The Morgan fingerprint density at radius 2 is 2.04 bits per heavy atom. The van der Waals surface area contributed by atoms with Gasteiger partial charge in [-0.3, -0.25) is 9.78 Å². The molecule has 3 heterocycles. The van der Waals surface area contributed by atoms with Crippen LogP contribution in [0, 0.1) is 6.92 Å². The number of thiophene rings is 1. The van der Waals surface area contributed by atoms with Crippen LogP contribution in [0.25, 0.3) is 0 Å². The third kappa shape index (κ3) is 4.79. The number of carbonyl (C=O) groups is 1. The zero-order chi connectivity index (χ0) is 18.6. The second-order valence-electron chi connectivity index (χ2n) is 5.45. The number of hydrogen-bond acceptors (Lipinski definition) is 8. The van der Waals surface area contributed by atoms with Crippen molar-refractivity contribution in [3.05, 3.63) is 56.7 Å². The highest BCUT2D eigenvalue weighted by atomic mass is 32.2. The summed E-state index contributed by atoms with van der Waals surface area (Å²) in [6.07, 6.45) is 5.53. The number of aromatic nitrogens is 3. The van der Waals surface area contributed by atoms with Gasteiger partial charge in [-0.05, 0) is 24.8 Å². The number of aryl methyl sites for hydroxylation is 2. The van der Waals surface area contributed by atoms with E-state index in [1.165, 1.54) is 29.8 Å². The molecule has 3 aromatic rings. The molecule has 0 spiro atoms. The molecule has 7 nitrogen and oxygen atoms in total. The largest absolute Gasteiger partial charge is 0.292 e.